The van der Waals surface area contributed by atoms with Gasteiger partial charge in [0, 0.05) is 6.54 Å². The molecule has 0 aliphatic heterocycles. The highest BCUT2D eigenvalue weighted by molar-refractivity contribution is 7.07. The highest BCUT2D eigenvalue weighted by atomic mass is 35.5. The van der Waals surface area contributed by atoms with E-state index in [1.807, 2.05) is 16.8 Å². The van der Waals surface area contributed by atoms with Crippen LogP contribution in [0.2, 0.25) is 5.15 Å². The van der Waals surface area contributed by atoms with Gasteiger partial charge in [-0.25, -0.2) is 0 Å². The average Bonchev–Trinajstić information content (AvgIpc) is 2.80. The van der Waals surface area contributed by atoms with Gasteiger partial charge in [-0.05, 0) is 34.5 Å². The minimum atomic E-state index is -0.254. The zero-order chi connectivity index (χ0) is 11.4. The van der Waals surface area contributed by atoms with Gasteiger partial charge in [0.05, 0.1) is 0 Å². The molecule has 0 saturated carbocycles. The molecule has 0 aliphatic carbocycles. The number of carbonyl (C=O) groups is 1. The fraction of sp³-hybridized carbons (Fsp3) is 0.100. The zero-order valence-corrected chi connectivity index (χ0v) is 9.76. The van der Waals surface area contributed by atoms with E-state index < -0.39 is 0 Å². The van der Waals surface area contributed by atoms with Gasteiger partial charge in [-0.3, -0.25) is 4.79 Å². The quantitative estimate of drug-likeness (QED) is 0.912. The van der Waals surface area contributed by atoms with Crippen LogP contribution in [0.5, 0.6) is 0 Å². The van der Waals surface area contributed by atoms with Gasteiger partial charge in [-0.15, -0.1) is 10.2 Å². The molecule has 0 fully saturated rings. The largest absolute Gasteiger partial charge is 0.347 e. The third-order valence-corrected chi connectivity index (χ3v) is 2.83. The van der Waals surface area contributed by atoms with Crippen molar-refractivity contribution in [1.29, 1.82) is 0 Å². The van der Waals surface area contributed by atoms with Gasteiger partial charge < -0.3 is 5.32 Å². The summed E-state index contributed by atoms with van der Waals surface area (Å²) in [6.07, 6.45) is 0. The average molecular weight is 254 g/mol. The first-order valence-corrected chi connectivity index (χ1v) is 5.86. The molecule has 2 heterocycles. The third kappa shape index (κ3) is 2.77. The maximum atomic E-state index is 11.6. The van der Waals surface area contributed by atoms with Crippen LogP contribution in [0, 0.1) is 0 Å². The molecule has 2 aromatic rings. The number of hydrogen-bond donors (Lipinski definition) is 1. The lowest BCUT2D eigenvalue weighted by atomic mass is 10.3. The monoisotopic (exact) mass is 253 g/mol. The Hall–Kier alpha value is -1.46. The molecular weight excluding hydrogens is 246 g/mol. The van der Waals surface area contributed by atoms with Crippen molar-refractivity contribution in [3.05, 3.63) is 45.4 Å². The van der Waals surface area contributed by atoms with E-state index >= 15 is 0 Å². The number of hydrogen-bond acceptors (Lipinski definition) is 4. The van der Waals surface area contributed by atoms with E-state index in [9.17, 15) is 4.79 Å². The van der Waals surface area contributed by atoms with Crippen LogP contribution in [0.15, 0.2) is 29.0 Å². The first-order valence-electron chi connectivity index (χ1n) is 4.54. The second-order valence-corrected chi connectivity index (χ2v) is 4.22. The van der Waals surface area contributed by atoms with Crippen molar-refractivity contribution in [2.24, 2.45) is 0 Å². The smallest absolute Gasteiger partial charge is 0.272 e. The van der Waals surface area contributed by atoms with Gasteiger partial charge in [0.25, 0.3) is 5.91 Å². The summed E-state index contributed by atoms with van der Waals surface area (Å²) < 4.78 is 0. The Bertz CT molecular complexity index is 469. The first kappa shape index (κ1) is 11.0. The lowest BCUT2D eigenvalue weighted by Crippen LogP contribution is -2.23. The Labute approximate surface area is 101 Å². The fourth-order valence-corrected chi connectivity index (χ4v) is 1.87. The van der Waals surface area contributed by atoms with Crippen molar-refractivity contribution in [2.45, 2.75) is 6.54 Å². The van der Waals surface area contributed by atoms with Crippen LogP contribution < -0.4 is 5.32 Å². The molecule has 1 N–H and O–H groups in total. The van der Waals surface area contributed by atoms with Gasteiger partial charge in [0.2, 0.25) is 0 Å². The maximum absolute atomic E-state index is 11.6. The molecule has 1 amide bonds. The van der Waals surface area contributed by atoms with Crippen molar-refractivity contribution in [3.8, 4) is 0 Å². The summed E-state index contributed by atoms with van der Waals surface area (Å²) in [5.41, 5.74) is 1.33. The first-order chi connectivity index (χ1) is 7.75. The molecule has 16 heavy (non-hydrogen) atoms. The molecule has 0 spiro atoms. The highest BCUT2D eigenvalue weighted by Gasteiger charge is 2.07. The molecule has 82 valence electrons. The van der Waals surface area contributed by atoms with E-state index in [4.69, 9.17) is 11.6 Å². The van der Waals surface area contributed by atoms with Crippen LogP contribution in [0.1, 0.15) is 16.1 Å². The number of aromatic nitrogens is 2. The predicted octanol–water partition coefficient (Wildman–Crippen LogP) is 2.12. The summed E-state index contributed by atoms with van der Waals surface area (Å²) in [7, 11) is 0. The zero-order valence-electron chi connectivity index (χ0n) is 8.18. The Balaban J connectivity index is 1.95. The Morgan fingerprint density at radius 2 is 2.25 bits per heavy atom. The molecule has 0 aliphatic rings. The van der Waals surface area contributed by atoms with Gasteiger partial charge >= 0.3 is 0 Å². The molecule has 0 unspecified atom stereocenters. The molecule has 0 atom stereocenters. The molecular formula is C10H8ClN3OS. The van der Waals surface area contributed by atoms with Crippen LogP contribution in [-0.2, 0) is 6.54 Å². The van der Waals surface area contributed by atoms with Crippen LogP contribution >= 0.6 is 22.9 Å². The maximum Gasteiger partial charge on any atom is 0.272 e. The lowest BCUT2D eigenvalue weighted by molar-refractivity contribution is 0.0945. The summed E-state index contributed by atoms with van der Waals surface area (Å²) in [5.74, 6) is -0.254. The Morgan fingerprint density at radius 3 is 2.88 bits per heavy atom. The summed E-state index contributed by atoms with van der Waals surface area (Å²) in [6.45, 7) is 0.493. The molecule has 2 rings (SSSR count). The second-order valence-electron chi connectivity index (χ2n) is 3.06. The van der Waals surface area contributed by atoms with Gasteiger partial charge in [0.15, 0.2) is 10.8 Å². The van der Waals surface area contributed by atoms with Gasteiger partial charge in [0.1, 0.15) is 0 Å². The SMILES string of the molecule is O=C(NCc1ccsc1)c1ccc(Cl)nn1. The normalized spacial score (nSPS) is 10.1. The molecule has 6 heteroatoms. The van der Waals surface area contributed by atoms with E-state index in [0.29, 0.717) is 6.54 Å². The van der Waals surface area contributed by atoms with Gasteiger partial charge in [-0.2, -0.15) is 11.3 Å². The van der Waals surface area contributed by atoms with Crippen LogP contribution in [-0.4, -0.2) is 16.1 Å². The van der Waals surface area contributed by atoms with Crippen molar-refractivity contribution < 1.29 is 4.79 Å². The number of nitrogens with one attached hydrogen (secondary N) is 1. The Morgan fingerprint density at radius 1 is 1.38 bits per heavy atom. The number of halogens is 1. The van der Waals surface area contributed by atoms with Crippen molar-refractivity contribution in [3.63, 3.8) is 0 Å². The minimum Gasteiger partial charge on any atom is -0.347 e. The third-order valence-electron chi connectivity index (χ3n) is 1.90. The van der Waals surface area contributed by atoms with Crippen LogP contribution in [0.3, 0.4) is 0 Å². The molecule has 0 radical (unpaired) electrons. The highest BCUT2D eigenvalue weighted by Crippen LogP contribution is 2.06. The number of rotatable bonds is 3. The van der Waals surface area contributed by atoms with Gasteiger partial charge in [-0.1, -0.05) is 11.6 Å². The number of carbonyl (C=O) groups excluding carboxylic acids is 1. The number of amides is 1. The van der Waals surface area contributed by atoms with E-state index in [1.54, 1.807) is 11.3 Å². The van der Waals surface area contributed by atoms with Crippen LogP contribution in [0.25, 0.3) is 0 Å². The van der Waals surface area contributed by atoms with Crippen molar-refractivity contribution in [2.75, 3.05) is 0 Å². The number of nitrogens with zero attached hydrogens (tertiary/aromatic N) is 2. The Kier molecular flexibility index (Phi) is 3.48. The summed E-state index contributed by atoms with van der Waals surface area (Å²) in [6, 6.07) is 5.03. The minimum absolute atomic E-state index is 0.254. The lowest BCUT2D eigenvalue weighted by Gasteiger charge is -2.02. The van der Waals surface area contributed by atoms with Crippen LogP contribution in [0.4, 0.5) is 0 Å². The topological polar surface area (TPSA) is 54.9 Å². The van der Waals surface area contributed by atoms with Crippen molar-refractivity contribution in [1.82, 2.24) is 15.5 Å². The van der Waals surface area contributed by atoms with E-state index in [2.05, 4.69) is 15.5 Å². The summed E-state index contributed by atoms with van der Waals surface area (Å²) in [5, 5.41) is 14.2. The van der Waals surface area contributed by atoms with E-state index in [1.165, 1.54) is 12.1 Å². The molecule has 2 aromatic heterocycles. The molecule has 0 aromatic carbocycles. The molecule has 0 bridgehead atoms. The predicted molar refractivity (Wildman–Crippen MR) is 62.5 cm³/mol. The summed E-state index contributed by atoms with van der Waals surface area (Å²) in [4.78, 5) is 11.6. The second kappa shape index (κ2) is 5.05. The molecule has 4 nitrogen and oxygen atoms in total. The van der Waals surface area contributed by atoms with Crippen molar-refractivity contribution >= 4 is 28.8 Å². The molecule has 0 saturated heterocycles. The number of thiophene rings is 1. The standard InChI is InChI=1S/C10H8ClN3OS/c11-9-2-1-8(13-14-9)10(15)12-5-7-3-4-16-6-7/h1-4,6H,5H2,(H,12,15). The summed E-state index contributed by atoms with van der Waals surface area (Å²) >= 11 is 7.16. The van der Waals surface area contributed by atoms with E-state index in [0.717, 1.165) is 5.56 Å². The fourth-order valence-electron chi connectivity index (χ4n) is 1.10. The van der Waals surface area contributed by atoms with E-state index in [-0.39, 0.29) is 16.8 Å².